The van der Waals surface area contributed by atoms with Crippen LogP contribution in [0.3, 0.4) is 0 Å². The van der Waals surface area contributed by atoms with Crippen molar-refractivity contribution in [2.24, 2.45) is 0 Å². The highest BCUT2D eigenvalue weighted by Crippen LogP contribution is 2.16. The molecule has 1 atom stereocenters. The fourth-order valence-electron chi connectivity index (χ4n) is 1.62. The topological polar surface area (TPSA) is 50.7 Å². The lowest BCUT2D eigenvalue weighted by molar-refractivity contribution is 0.158. The molecule has 102 valence electrons. The van der Waals surface area contributed by atoms with Crippen LogP contribution in [-0.2, 0) is 0 Å². The second-order valence-corrected chi connectivity index (χ2v) is 4.17. The van der Waals surface area contributed by atoms with Gasteiger partial charge in [-0.15, -0.1) is 0 Å². The molecule has 1 aromatic rings. The molecular weight excluding hydrogens is 230 g/mol. The Morgan fingerprint density at radius 3 is 2.50 bits per heavy atom. The number of methoxy groups -OCH3 is 1. The first-order chi connectivity index (χ1) is 8.76. The third-order valence-corrected chi connectivity index (χ3v) is 2.61. The summed E-state index contributed by atoms with van der Waals surface area (Å²) in [6, 6.07) is 7.50. The van der Waals surface area contributed by atoms with Crippen LogP contribution in [0.4, 0.5) is 0 Å². The molecule has 4 heteroatoms. The van der Waals surface area contributed by atoms with Crippen LogP contribution in [0.15, 0.2) is 24.3 Å². The standard InChI is InChI=1S/C14H23NO3/c1-3-4-12(16)11-15-9-10-18-14-7-5-13(17-2)6-8-14/h5-8,12,15-16H,3-4,9-11H2,1-2H3. The molecular formula is C14H23NO3. The van der Waals surface area contributed by atoms with Gasteiger partial charge in [0.25, 0.3) is 0 Å². The van der Waals surface area contributed by atoms with Crippen LogP contribution >= 0.6 is 0 Å². The number of benzene rings is 1. The molecule has 0 saturated heterocycles. The summed E-state index contributed by atoms with van der Waals surface area (Å²) in [7, 11) is 1.64. The molecule has 1 aromatic carbocycles. The number of ether oxygens (including phenoxy) is 2. The Labute approximate surface area is 109 Å². The fraction of sp³-hybridized carbons (Fsp3) is 0.571. The van der Waals surface area contributed by atoms with Gasteiger partial charge < -0.3 is 19.9 Å². The van der Waals surface area contributed by atoms with Gasteiger partial charge in [0.15, 0.2) is 0 Å². The molecule has 0 aromatic heterocycles. The van der Waals surface area contributed by atoms with Gasteiger partial charge >= 0.3 is 0 Å². The van der Waals surface area contributed by atoms with Crippen LogP contribution < -0.4 is 14.8 Å². The highest BCUT2D eigenvalue weighted by molar-refractivity contribution is 5.31. The van der Waals surface area contributed by atoms with Gasteiger partial charge in [0.2, 0.25) is 0 Å². The molecule has 1 unspecified atom stereocenters. The van der Waals surface area contributed by atoms with E-state index in [1.807, 2.05) is 24.3 Å². The number of hydrogen-bond donors (Lipinski definition) is 2. The molecule has 0 spiro atoms. The summed E-state index contributed by atoms with van der Waals surface area (Å²) in [5.41, 5.74) is 0. The molecule has 0 radical (unpaired) electrons. The second kappa shape index (κ2) is 8.78. The van der Waals surface area contributed by atoms with Gasteiger partial charge in [-0.2, -0.15) is 0 Å². The summed E-state index contributed by atoms with van der Waals surface area (Å²) in [4.78, 5) is 0. The number of nitrogens with one attached hydrogen (secondary N) is 1. The van der Waals surface area contributed by atoms with E-state index in [2.05, 4.69) is 12.2 Å². The van der Waals surface area contributed by atoms with Gasteiger partial charge in [-0.05, 0) is 30.7 Å². The molecule has 18 heavy (non-hydrogen) atoms. The highest BCUT2D eigenvalue weighted by atomic mass is 16.5. The van der Waals surface area contributed by atoms with Crippen molar-refractivity contribution in [3.8, 4) is 11.5 Å². The maximum atomic E-state index is 9.51. The van der Waals surface area contributed by atoms with Crippen molar-refractivity contribution < 1.29 is 14.6 Å². The summed E-state index contributed by atoms with van der Waals surface area (Å²) < 4.78 is 10.6. The van der Waals surface area contributed by atoms with E-state index in [9.17, 15) is 5.11 Å². The van der Waals surface area contributed by atoms with E-state index in [1.54, 1.807) is 7.11 Å². The van der Waals surface area contributed by atoms with Crippen LogP contribution in [0.25, 0.3) is 0 Å². The Balaban J connectivity index is 2.10. The quantitative estimate of drug-likeness (QED) is 0.659. The lowest BCUT2D eigenvalue weighted by Crippen LogP contribution is -2.29. The first kappa shape index (κ1) is 14.8. The van der Waals surface area contributed by atoms with Crippen molar-refractivity contribution in [1.82, 2.24) is 5.32 Å². The van der Waals surface area contributed by atoms with Gasteiger partial charge in [0.1, 0.15) is 18.1 Å². The van der Waals surface area contributed by atoms with Gasteiger partial charge in [-0.1, -0.05) is 13.3 Å². The third-order valence-electron chi connectivity index (χ3n) is 2.61. The van der Waals surface area contributed by atoms with E-state index in [1.165, 1.54) is 0 Å². The minimum Gasteiger partial charge on any atom is -0.497 e. The molecule has 2 N–H and O–H groups in total. The van der Waals surface area contributed by atoms with Gasteiger partial charge in [0, 0.05) is 13.1 Å². The predicted octanol–water partition coefficient (Wildman–Crippen LogP) is 1.82. The van der Waals surface area contributed by atoms with E-state index in [0.29, 0.717) is 13.2 Å². The highest BCUT2D eigenvalue weighted by Gasteiger charge is 2.01. The molecule has 0 aliphatic heterocycles. The normalized spacial score (nSPS) is 12.2. The summed E-state index contributed by atoms with van der Waals surface area (Å²) in [5, 5.41) is 12.7. The zero-order chi connectivity index (χ0) is 13.2. The lowest BCUT2D eigenvalue weighted by atomic mass is 10.2. The maximum absolute atomic E-state index is 9.51. The Bertz CT molecular complexity index is 313. The Morgan fingerprint density at radius 2 is 1.89 bits per heavy atom. The maximum Gasteiger partial charge on any atom is 0.119 e. The van der Waals surface area contributed by atoms with Gasteiger partial charge in [-0.3, -0.25) is 0 Å². The minimum absolute atomic E-state index is 0.254. The van der Waals surface area contributed by atoms with Crippen molar-refractivity contribution in [1.29, 1.82) is 0 Å². The van der Waals surface area contributed by atoms with Crippen molar-refractivity contribution in [2.45, 2.75) is 25.9 Å². The SMILES string of the molecule is CCCC(O)CNCCOc1ccc(OC)cc1. The van der Waals surface area contributed by atoms with Crippen LogP contribution in [0, 0.1) is 0 Å². The van der Waals surface area contributed by atoms with E-state index < -0.39 is 0 Å². The van der Waals surface area contributed by atoms with Crippen molar-refractivity contribution in [3.63, 3.8) is 0 Å². The van der Waals surface area contributed by atoms with Gasteiger partial charge in [0.05, 0.1) is 13.2 Å². The zero-order valence-corrected chi connectivity index (χ0v) is 11.2. The largest absolute Gasteiger partial charge is 0.497 e. The molecule has 0 heterocycles. The molecule has 0 bridgehead atoms. The Morgan fingerprint density at radius 1 is 1.22 bits per heavy atom. The van der Waals surface area contributed by atoms with Crippen LogP contribution in [0.1, 0.15) is 19.8 Å². The summed E-state index contributed by atoms with van der Waals surface area (Å²) in [5.74, 6) is 1.65. The number of aliphatic hydroxyl groups excluding tert-OH is 1. The smallest absolute Gasteiger partial charge is 0.119 e. The number of rotatable bonds is 9. The summed E-state index contributed by atoms with van der Waals surface area (Å²) in [6.07, 6.45) is 1.59. The minimum atomic E-state index is -0.254. The average molecular weight is 253 g/mol. The van der Waals surface area contributed by atoms with Gasteiger partial charge in [-0.25, -0.2) is 0 Å². The van der Waals surface area contributed by atoms with Crippen molar-refractivity contribution in [2.75, 3.05) is 26.8 Å². The monoisotopic (exact) mass is 253 g/mol. The first-order valence-electron chi connectivity index (χ1n) is 6.42. The van der Waals surface area contributed by atoms with Crippen molar-refractivity contribution >= 4 is 0 Å². The third kappa shape index (κ3) is 5.89. The molecule has 0 saturated carbocycles. The Kier molecular flexibility index (Phi) is 7.22. The summed E-state index contributed by atoms with van der Waals surface area (Å²) >= 11 is 0. The average Bonchev–Trinajstić information content (AvgIpc) is 2.39. The van der Waals surface area contributed by atoms with Crippen LogP contribution in [0.2, 0.25) is 0 Å². The Hall–Kier alpha value is -1.26. The molecule has 0 amide bonds. The van der Waals surface area contributed by atoms with Crippen LogP contribution in [0.5, 0.6) is 11.5 Å². The first-order valence-corrected chi connectivity index (χ1v) is 6.42. The zero-order valence-electron chi connectivity index (χ0n) is 11.2. The lowest BCUT2D eigenvalue weighted by Gasteiger charge is -2.11. The van der Waals surface area contributed by atoms with Crippen LogP contribution in [-0.4, -0.2) is 38.0 Å². The molecule has 0 aliphatic carbocycles. The van der Waals surface area contributed by atoms with Crippen molar-refractivity contribution in [3.05, 3.63) is 24.3 Å². The number of aliphatic hydroxyl groups is 1. The second-order valence-electron chi connectivity index (χ2n) is 4.17. The van der Waals surface area contributed by atoms with E-state index >= 15 is 0 Å². The molecule has 4 nitrogen and oxygen atoms in total. The molecule has 0 fully saturated rings. The van der Waals surface area contributed by atoms with E-state index in [4.69, 9.17) is 9.47 Å². The summed E-state index contributed by atoms with van der Waals surface area (Å²) in [6.45, 7) is 4.01. The number of hydrogen-bond acceptors (Lipinski definition) is 4. The molecule has 0 aliphatic rings. The van der Waals surface area contributed by atoms with E-state index in [-0.39, 0.29) is 6.10 Å². The van der Waals surface area contributed by atoms with E-state index in [0.717, 1.165) is 30.9 Å². The predicted molar refractivity (Wildman–Crippen MR) is 72.3 cm³/mol. The fourth-order valence-corrected chi connectivity index (χ4v) is 1.62. The molecule has 1 rings (SSSR count).